The Balaban J connectivity index is 2.09. The number of nitrogen functional groups attached to an aromatic ring is 1. The summed E-state index contributed by atoms with van der Waals surface area (Å²) in [6.07, 6.45) is 7.96. The largest absolute Gasteiger partial charge is 0.368 e. The van der Waals surface area contributed by atoms with Gasteiger partial charge in [-0.05, 0) is 12.8 Å². The van der Waals surface area contributed by atoms with Crippen molar-refractivity contribution in [1.29, 1.82) is 0 Å². The lowest BCUT2D eigenvalue weighted by molar-refractivity contribution is 0.438. The molecular formula is C11H15N5. The zero-order chi connectivity index (χ0) is 11.0. The fraction of sp³-hybridized carbons (Fsp3) is 0.545. The van der Waals surface area contributed by atoms with Crippen molar-refractivity contribution in [2.75, 3.05) is 5.73 Å². The van der Waals surface area contributed by atoms with Gasteiger partial charge in [-0.25, -0.2) is 9.97 Å². The highest BCUT2D eigenvalue weighted by molar-refractivity contribution is 5.74. The number of nitrogens with one attached hydrogen (secondary N) is 1. The minimum atomic E-state index is 0.333. The highest BCUT2D eigenvalue weighted by Gasteiger charge is 2.21. The molecule has 0 atom stereocenters. The van der Waals surface area contributed by atoms with Gasteiger partial charge >= 0.3 is 0 Å². The molecule has 2 aromatic rings. The minimum absolute atomic E-state index is 0.333. The molecule has 0 bridgehead atoms. The molecule has 2 heterocycles. The van der Waals surface area contributed by atoms with Crippen LogP contribution in [0.1, 0.15) is 43.7 Å². The number of hydrogen-bond acceptors (Lipinski definition) is 4. The van der Waals surface area contributed by atoms with E-state index < -0.39 is 0 Å². The number of aromatic nitrogens is 4. The third-order valence-corrected chi connectivity index (χ3v) is 3.32. The summed E-state index contributed by atoms with van der Waals surface area (Å²) in [4.78, 5) is 15.8. The van der Waals surface area contributed by atoms with Crippen molar-refractivity contribution in [3.8, 4) is 0 Å². The van der Waals surface area contributed by atoms with Gasteiger partial charge in [0.2, 0.25) is 5.95 Å². The van der Waals surface area contributed by atoms with Gasteiger partial charge in [0.05, 0.1) is 12.0 Å². The van der Waals surface area contributed by atoms with Crippen LogP contribution >= 0.6 is 0 Å². The van der Waals surface area contributed by atoms with E-state index in [9.17, 15) is 0 Å². The lowest BCUT2D eigenvalue weighted by atomic mass is 9.86. The van der Waals surface area contributed by atoms with Crippen molar-refractivity contribution in [3.63, 3.8) is 0 Å². The summed E-state index contributed by atoms with van der Waals surface area (Å²) in [6, 6.07) is 0. The predicted molar refractivity (Wildman–Crippen MR) is 61.9 cm³/mol. The second-order valence-corrected chi connectivity index (χ2v) is 4.40. The summed E-state index contributed by atoms with van der Waals surface area (Å²) in [7, 11) is 0. The number of rotatable bonds is 1. The fourth-order valence-electron chi connectivity index (χ4n) is 2.54. The number of nitrogens with zero attached hydrogens (tertiary/aromatic N) is 3. The summed E-state index contributed by atoms with van der Waals surface area (Å²) in [6.45, 7) is 0. The van der Waals surface area contributed by atoms with Crippen molar-refractivity contribution in [2.24, 2.45) is 0 Å². The lowest BCUT2D eigenvalue weighted by Crippen LogP contribution is -2.09. The van der Waals surface area contributed by atoms with Crippen LogP contribution in [0.15, 0.2) is 6.33 Å². The van der Waals surface area contributed by atoms with E-state index in [1.54, 1.807) is 6.33 Å². The number of fused-ring (bicyclic) bond motifs is 1. The highest BCUT2D eigenvalue weighted by Crippen LogP contribution is 2.34. The third-order valence-electron chi connectivity index (χ3n) is 3.32. The second-order valence-electron chi connectivity index (χ2n) is 4.40. The molecule has 0 amide bonds. The molecular weight excluding hydrogens is 202 g/mol. The van der Waals surface area contributed by atoms with E-state index >= 15 is 0 Å². The van der Waals surface area contributed by atoms with Gasteiger partial charge in [-0.1, -0.05) is 19.3 Å². The second kappa shape index (κ2) is 3.73. The molecule has 3 N–H and O–H groups in total. The van der Waals surface area contributed by atoms with E-state index in [0.717, 1.165) is 11.2 Å². The number of nitrogens with two attached hydrogens (primary N) is 1. The van der Waals surface area contributed by atoms with Crippen molar-refractivity contribution < 1.29 is 0 Å². The number of anilines is 1. The Labute approximate surface area is 93.5 Å². The van der Waals surface area contributed by atoms with Gasteiger partial charge in [0.25, 0.3) is 0 Å². The summed E-state index contributed by atoms with van der Waals surface area (Å²) in [5.41, 5.74) is 8.42. The SMILES string of the molecule is Nc1nc(C2CCCCC2)c2[nH]cnc2n1. The molecule has 16 heavy (non-hydrogen) atoms. The van der Waals surface area contributed by atoms with Gasteiger partial charge < -0.3 is 10.7 Å². The van der Waals surface area contributed by atoms with Gasteiger partial charge in [0.15, 0.2) is 5.65 Å². The van der Waals surface area contributed by atoms with Crippen LogP contribution in [0.3, 0.4) is 0 Å². The Morgan fingerprint density at radius 2 is 2.00 bits per heavy atom. The first-order valence-electron chi connectivity index (χ1n) is 5.81. The number of aromatic amines is 1. The molecule has 1 saturated carbocycles. The molecule has 1 fully saturated rings. The van der Waals surface area contributed by atoms with Crippen molar-refractivity contribution in [2.45, 2.75) is 38.0 Å². The van der Waals surface area contributed by atoms with Crippen LogP contribution < -0.4 is 5.73 Å². The molecule has 5 heteroatoms. The molecule has 1 aliphatic rings. The smallest absolute Gasteiger partial charge is 0.222 e. The van der Waals surface area contributed by atoms with E-state index in [0.29, 0.717) is 17.5 Å². The summed E-state index contributed by atoms with van der Waals surface area (Å²) >= 11 is 0. The molecule has 3 rings (SSSR count). The average Bonchev–Trinajstić information content (AvgIpc) is 2.77. The van der Waals surface area contributed by atoms with E-state index in [2.05, 4.69) is 19.9 Å². The van der Waals surface area contributed by atoms with Crippen LogP contribution in [-0.4, -0.2) is 19.9 Å². The Kier molecular flexibility index (Phi) is 2.23. The Morgan fingerprint density at radius 3 is 2.81 bits per heavy atom. The third kappa shape index (κ3) is 1.52. The minimum Gasteiger partial charge on any atom is -0.368 e. The molecule has 1 aliphatic carbocycles. The number of H-pyrrole nitrogens is 1. The van der Waals surface area contributed by atoms with Crippen LogP contribution in [0, 0.1) is 0 Å². The Hall–Kier alpha value is -1.65. The maximum Gasteiger partial charge on any atom is 0.222 e. The molecule has 84 valence electrons. The Bertz CT molecular complexity index is 498. The summed E-state index contributed by atoms with van der Waals surface area (Å²) in [5.74, 6) is 0.849. The first-order chi connectivity index (χ1) is 7.84. The molecule has 0 aromatic carbocycles. The van der Waals surface area contributed by atoms with Gasteiger partial charge in [-0.15, -0.1) is 0 Å². The summed E-state index contributed by atoms with van der Waals surface area (Å²) in [5, 5.41) is 0. The quantitative estimate of drug-likeness (QED) is 0.765. The first kappa shape index (κ1) is 9.57. The maximum atomic E-state index is 5.71. The molecule has 0 radical (unpaired) electrons. The molecule has 0 saturated heterocycles. The molecule has 5 nitrogen and oxygen atoms in total. The van der Waals surface area contributed by atoms with Crippen LogP contribution in [0.25, 0.3) is 11.2 Å². The van der Waals surface area contributed by atoms with Gasteiger partial charge in [-0.3, -0.25) is 0 Å². The summed E-state index contributed by atoms with van der Waals surface area (Å²) < 4.78 is 0. The van der Waals surface area contributed by atoms with E-state index in [1.807, 2.05) is 0 Å². The van der Waals surface area contributed by atoms with E-state index in [-0.39, 0.29) is 0 Å². The van der Waals surface area contributed by atoms with Crippen LogP contribution in [0.4, 0.5) is 5.95 Å². The fourth-order valence-corrected chi connectivity index (χ4v) is 2.54. The maximum absolute atomic E-state index is 5.71. The molecule has 0 aliphatic heterocycles. The van der Waals surface area contributed by atoms with Crippen LogP contribution in [-0.2, 0) is 0 Å². The average molecular weight is 217 g/mol. The van der Waals surface area contributed by atoms with Crippen molar-refractivity contribution >= 4 is 17.1 Å². The van der Waals surface area contributed by atoms with E-state index in [1.165, 1.54) is 32.1 Å². The highest BCUT2D eigenvalue weighted by atomic mass is 15.1. The lowest BCUT2D eigenvalue weighted by Gasteiger charge is -2.21. The van der Waals surface area contributed by atoms with Crippen molar-refractivity contribution in [1.82, 2.24) is 19.9 Å². The first-order valence-corrected chi connectivity index (χ1v) is 5.81. The van der Waals surface area contributed by atoms with Gasteiger partial charge in [-0.2, -0.15) is 4.98 Å². The zero-order valence-electron chi connectivity index (χ0n) is 9.11. The standard InChI is InChI=1S/C11H15N5/c12-11-15-8(7-4-2-1-3-5-7)9-10(16-11)14-6-13-9/h6-7H,1-5H2,(H3,12,13,14,15,16). The number of hydrogen-bond donors (Lipinski definition) is 2. The Morgan fingerprint density at radius 1 is 1.19 bits per heavy atom. The zero-order valence-corrected chi connectivity index (χ0v) is 9.11. The van der Waals surface area contributed by atoms with Crippen molar-refractivity contribution in [3.05, 3.63) is 12.0 Å². The van der Waals surface area contributed by atoms with Crippen LogP contribution in [0.5, 0.6) is 0 Å². The topological polar surface area (TPSA) is 80.5 Å². The number of imidazole rings is 1. The van der Waals surface area contributed by atoms with Gasteiger partial charge in [0, 0.05) is 5.92 Å². The van der Waals surface area contributed by atoms with E-state index in [4.69, 9.17) is 5.73 Å². The predicted octanol–water partition coefficient (Wildman–Crippen LogP) is 1.98. The van der Waals surface area contributed by atoms with Gasteiger partial charge in [0.1, 0.15) is 5.52 Å². The molecule has 2 aromatic heterocycles. The molecule has 0 unspecified atom stereocenters. The monoisotopic (exact) mass is 217 g/mol. The van der Waals surface area contributed by atoms with Crippen LogP contribution in [0.2, 0.25) is 0 Å². The normalized spacial score (nSPS) is 18.0. The molecule has 0 spiro atoms.